The number of nitrogens with one attached hydrogen (secondary N) is 1. The standard InChI is InChI=1S/C27H34ClNO3S/c1-3-20(4-2)19-27(17-11-6-12-18-27)26(31)29-22-15-9-10-16-23(22)33-25(30)24(28)32-21-13-7-5-8-14-21/h5,7-10,13-16,20,24H,3-4,6,11-12,17-19H2,1-2H3,(H,29,31). The second kappa shape index (κ2) is 12.5. The summed E-state index contributed by atoms with van der Waals surface area (Å²) in [5.41, 5.74) is -0.804. The van der Waals surface area contributed by atoms with Gasteiger partial charge in [0.25, 0.3) is 0 Å². The van der Waals surface area contributed by atoms with Gasteiger partial charge in [-0.25, -0.2) is 0 Å². The molecule has 0 heterocycles. The minimum absolute atomic E-state index is 0.0811. The van der Waals surface area contributed by atoms with E-state index in [1.54, 1.807) is 12.1 Å². The monoisotopic (exact) mass is 487 g/mol. The lowest BCUT2D eigenvalue weighted by molar-refractivity contribution is -0.128. The van der Waals surface area contributed by atoms with Crippen LogP contribution in [0.4, 0.5) is 5.69 Å². The number of halogens is 1. The summed E-state index contributed by atoms with van der Waals surface area (Å²) in [7, 11) is 0. The lowest BCUT2D eigenvalue weighted by atomic mass is 9.67. The van der Waals surface area contributed by atoms with Crippen LogP contribution in [0.15, 0.2) is 59.5 Å². The van der Waals surface area contributed by atoms with Gasteiger partial charge >= 0.3 is 0 Å². The van der Waals surface area contributed by atoms with Crippen molar-refractivity contribution in [3.63, 3.8) is 0 Å². The molecule has 1 fully saturated rings. The molecule has 0 radical (unpaired) electrons. The third-order valence-electron chi connectivity index (χ3n) is 6.64. The van der Waals surface area contributed by atoms with E-state index in [1.807, 2.05) is 42.5 Å². The maximum Gasteiger partial charge on any atom is 0.249 e. The minimum Gasteiger partial charge on any atom is -0.466 e. The molecule has 1 amide bonds. The zero-order chi connectivity index (χ0) is 23.7. The molecule has 1 aliphatic rings. The first-order valence-electron chi connectivity index (χ1n) is 12.0. The predicted octanol–water partition coefficient (Wildman–Crippen LogP) is 7.66. The molecule has 1 N–H and O–H groups in total. The Balaban J connectivity index is 1.72. The molecule has 1 unspecified atom stereocenters. The van der Waals surface area contributed by atoms with Gasteiger partial charge in [0.05, 0.1) is 5.69 Å². The molecule has 1 saturated carbocycles. The summed E-state index contributed by atoms with van der Waals surface area (Å²) in [5, 5.41) is 2.85. The topological polar surface area (TPSA) is 55.4 Å². The molecular weight excluding hydrogens is 454 g/mol. The van der Waals surface area contributed by atoms with Crippen molar-refractivity contribution in [3.8, 4) is 5.75 Å². The molecule has 0 aromatic heterocycles. The number of anilines is 1. The van der Waals surface area contributed by atoms with E-state index in [-0.39, 0.29) is 16.4 Å². The van der Waals surface area contributed by atoms with Gasteiger partial charge in [-0.2, -0.15) is 0 Å². The number of amides is 1. The number of ether oxygens (including phenoxy) is 1. The van der Waals surface area contributed by atoms with Crippen LogP contribution >= 0.6 is 23.4 Å². The molecule has 6 heteroatoms. The van der Waals surface area contributed by atoms with Crippen molar-refractivity contribution < 1.29 is 14.3 Å². The highest BCUT2D eigenvalue weighted by Crippen LogP contribution is 2.44. The molecule has 2 aromatic carbocycles. The number of hydrogen-bond acceptors (Lipinski definition) is 4. The van der Waals surface area contributed by atoms with Crippen molar-refractivity contribution in [2.24, 2.45) is 11.3 Å². The molecule has 1 aliphatic carbocycles. The number of thioether (sulfide) groups is 1. The van der Waals surface area contributed by atoms with E-state index in [0.717, 1.165) is 56.7 Å². The minimum atomic E-state index is -1.12. The van der Waals surface area contributed by atoms with E-state index in [1.165, 1.54) is 6.42 Å². The Hall–Kier alpha value is -1.98. The second-order valence-corrected chi connectivity index (χ2v) is 10.3. The maximum absolute atomic E-state index is 13.6. The predicted molar refractivity (Wildman–Crippen MR) is 137 cm³/mol. The van der Waals surface area contributed by atoms with Gasteiger partial charge in [-0.05, 0) is 61.2 Å². The Kier molecular flexibility index (Phi) is 9.69. The van der Waals surface area contributed by atoms with E-state index in [9.17, 15) is 9.59 Å². The molecule has 1 atom stereocenters. The SMILES string of the molecule is CCC(CC)CC1(C(=O)Nc2ccccc2SC(=O)C(Cl)Oc2ccccc2)CCCCC1. The molecule has 0 aliphatic heterocycles. The van der Waals surface area contributed by atoms with Gasteiger partial charge in [-0.3, -0.25) is 9.59 Å². The van der Waals surface area contributed by atoms with Crippen LogP contribution in [0.5, 0.6) is 5.75 Å². The Morgan fingerprint density at radius 3 is 2.30 bits per heavy atom. The first-order valence-corrected chi connectivity index (χ1v) is 13.2. The fourth-order valence-electron chi connectivity index (χ4n) is 4.62. The van der Waals surface area contributed by atoms with Gasteiger partial charge in [0, 0.05) is 10.3 Å². The van der Waals surface area contributed by atoms with Crippen molar-refractivity contribution in [3.05, 3.63) is 54.6 Å². The Morgan fingerprint density at radius 1 is 1.00 bits per heavy atom. The third-order valence-corrected chi connectivity index (χ3v) is 8.05. The number of carbonyl (C=O) groups is 2. The number of carbonyl (C=O) groups excluding carboxylic acids is 2. The Labute approximate surface area is 206 Å². The lowest BCUT2D eigenvalue weighted by Crippen LogP contribution is -2.39. The van der Waals surface area contributed by atoms with E-state index in [2.05, 4.69) is 19.2 Å². The molecule has 178 valence electrons. The molecule has 4 nitrogen and oxygen atoms in total. The zero-order valence-corrected chi connectivity index (χ0v) is 21.1. The largest absolute Gasteiger partial charge is 0.466 e. The van der Waals surface area contributed by atoms with E-state index >= 15 is 0 Å². The van der Waals surface area contributed by atoms with Crippen LogP contribution in [-0.2, 0) is 9.59 Å². The fraction of sp³-hybridized carbons (Fsp3) is 0.481. The fourth-order valence-corrected chi connectivity index (χ4v) is 5.59. The molecule has 3 rings (SSSR count). The second-order valence-electron chi connectivity index (χ2n) is 8.85. The average molecular weight is 488 g/mol. The Bertz CT molecular complexity index is 911. The van der Waals surface area contributed by atoms with Crippen LogP contribution in [0.3, 0.4) is 0 Å². The number of rotatable bonds is 10. The van der Waals surface area contributed by atoms with Crippen molar-refractivity contribution in [2.75, 3.05) is 5.32 Å². The van der Waals surface area contributed by atoms with Crippen LogP contribution in [-0.4, -0.2) is 16.6 Å². The van der Waals surface area contributed by atoms with E-state index in [0.29, 0.717) is 22.3 Å². The van der Waals surface area contributed by atoms with Crippen molar-refractivity contribution in [1.82, 2.24) is 0 Å². The third kappa shape index (κ3) is 7.00. The normalized spacial score (nSPS) is 16.2. The van der Waals surface area contributed by atoms with Crippen LogP contribution in [0.2, 0.25) is 0 Å². The molecule has 0 saturated heterocycles. The summed E-state index contributed by atoms with van der Waals surface area (Å²) >= 11 is 7.22. The Morgan fingerprint density at radius 2 is 1.64 bits per heavy atom. The summed E-state index contributed by atoms with van der Waals surface area (Å²) in [6.07, 6.45) is 8.33. The van der Waals surface area contributed by atoms with Crippen molar-refractivity contribution >= 4 is 40.1 Å². The highest BCUT2D eigenvalue weighted by atomic mass is 35.5. The molecule has 0 bridgehead atoms. The van der Waals surface area contributed by atoms with Gasteiger partial charge in [0.1, 0.15) is 5.75 Å². The number of hydrogen-bond donors (Lipinski definition) is 1. The van der Waals surface area contributed by atoms with Crippen LogP contribution in [0, 0.1) is 11.3 Å². The number of alkyl halides is 1. The molecule has 2 aromatic rings. The average Bonchev–Trinajstić information content (AvgIpc) is 2.84. The summed E-state index contributed by atoms with van der Waals surface area (Å²) in [5.74, 6) is 1.17. The van der Waals surface area contributed by atoms with Gasteiger partial charge < -0.3 is 10.1 Å². The summed E-state index contributed by atoms with van der Waals surface area (Å²) in [6.45, 7) is 4.42. The van der Waals surface area contributed by atoms with Crippen molar-refractivity contribution in [1.29, 1.82) is 0 Å². The van der Waals surface area contributed by atoms with Crippen LogP contribution in [0.1, 0.15) is 65.2 Å². The van der Waals surface area contributed by atoms with E-state index < -0.39 is 5.56 Å². The summed E-state index contributed by atoms with van der Waals surface area (Å²) in [4.78, 5) is 27.0. The van der Waals surface area contributed by atoms with Crippen LogP contribution < -0.4 is 10.1 Å². The first-order chi connectivity index (χ1) is 16.0. The van der Waals surface area contributed by atoms with Gasteiger partial charge in [-0.1, -0.05) is 87.9 Å². The first kappa shape index (κ1) is 25.6. The van der Waals surface area contributed by atoms with Crippen molar-refractivity contribution in [2.45, 2.75) is 75.7 Å². The molecule has 0 spiro atoms. The summed E-state index contributed by atoms with van der Waals surface area (Å²) in [6, 6.07) is 16.4. The molecular formula is C27H34ClNO3S. The highest BCUT2D eigenvalue weighted by molar-refractivity contribution is 8.14. The number of benzene rings is 2. The quantitative estimate of drug-likeness (QED) is 0.276. The van der Waals surface area contributed by atoms with Gasteiger partial charge in [0.15, 0.2) is 0 Å². The van der Waals surface area contributed by atoms with E-state index in [4.69, 9.17) is 16.3 Å². The number of para-hydroxylation sites is 2. The van der Waals surface area contributed by atoms with Crippen LogP contribution in [0.25, 0.3) is 0 Å². The maximum atomic E-state index is 13.6. The smallest absolute Gasteiger partial charge is 0.249 e. The van der Waals surface area contributed by atoms with Gasteiger partial charge in [-0.15, -0.1) is 0 Å². The zero-order valence-electron chi connectivity index (χ0n) is 19.5. The highest BCUT2D eigenvalue weighted by Gasteiger charge is 2.40. The molecule has 33 heavy (non-hydrogen) atoms. The summed E-state index contributed by atoms with van der Waals surface area (Å²) < 4.78 is 5.56. The lowest BCUT2D eigenvalue weighted by Gasteiger charge is -2.38. The van der Waals surface area contributed by atoms with Gasteiger partial charge in [0.2, 0.25) is 16.6 Å².